The van der Waals surface area contributed by atoms with Crippen LogP contribution in [0.2, 0.25) is 0 Å². The molecule has 0 aromatic rings. The maximum Gasteiger partial charge on any atom is 0.0572 e. The molecule has 1 rings (SSSR count). The van der Waals surface area contributed by atoms with Crippen LogP contribution in [0.25, 0.3) is 0 Å². The molecule has 1 aliphatic carbocycles. The van der Waals surface area contributed by atoms with Gasteiger partial charge in [0.15, 0.2) is 0 Å². The molecule has 0 bridgehead atoms. The van der Waals surface area contributed by atoms with E-state index in [1.54, 1.807) is 7.11 Å². The van der Waals surface area contributed by atoms with Crippen LogP contribution in [0.5, 0.6) is 0 Å². The highest BCUT2D eigenvalue weighted by Gasteiger charge is 2.19. The number of nitrogens with one attached hydrogen (secondary N) is 1. The second-order valence-electron chi connectivity index (χ2n) is 3.45. The van der Waals surface area contributed by atoms with E-state index in [0.29, 0.717) is 12.1 Å². The van der Waals surface area contributed by atoms with Gasteiger partial charge < -0.3 is 15.8 Å². The summed E-state index contributed by atoms with van der Waals surface area (Å²) in [6.45, 7) is 1.69. The van der Waals surface area contributed by atoms with Crippen molar-refractivity contribution in [2.24, 2.45) is 5.73 Å². The zero-order chi connectivity index (χ0) is 8.81. The van der Waals surface area contributed by atoms with Crippen molar-refractivity contribution >= 4 is 0 Å². The second-order valence-corrected chi connectivity index (χ2v) is 3.45. The fourth-order valence-corrected chi connectivity index (χ4v) is 1.79. The van der Waals surface area contributed by atoms with E-state index in [1.165, 1.54) is 25.7 Å². The molecule has 1 fully saturated rings. The third kappa shape index (κ3) is 3.09. The number of hydrogen-bond acceptors (Lipinski definition) is 3. The number of hydrogen-bond donors (Lipinski definition) is 2. The largest absolute Gasteiger partial charge is 0.381 e. The van der Waals surface area contributed by atoms with Crippen molar-refractivity contribution in [3.05, 3.63) is 0 Å². The summed E-state index contributed by atoms with van der Waals surface area (Å²) in [5.74, 6) is 0. The monoisotopic (exact) mass is 172 g/mol. The highest BCUT2D eigenvalue weighted by atomic mass is 16.5. The third-order valence-corrected chi connectivity index (χ3v) is 2.58. The SMILES string of the molecule is COC1CCC(NCCN)CC1. The molecule has 0 radical (unpaired) electrons. The first kappa shape index (κ1) is 9.96. The molecule has 0 amide bonds. The van der Waals surface area contributed by atoms with Crippen LogP contribution in [0, 0.1) is 0 Å². The molecule has 0 aliphatic heterocycles. The maximum absolute atomic E-state index is 5.41. The highest BCUT2D eigenvalue weighted by molar-refractivity contribution is 4.77. The summed E-state index contributed by atoms with van der Waals surface area (Å²) in [6.07, 6.45) is 5.36. The van der Waals surface area contributed by atoms with Crippen LogP contribution in [0.4, 0.5) is 0 Å². The molecule has 72 valence electrons. The molecular formula is C9H20N2O. The molecule has 12 heavy (non-hydrogen) atoms. The van der Waals surface area contributed by atoms with Crippen LogP contribution in [-0.4, -0.2) is 32.3 Å². The smallest absolute Gasteiger partial charge is 0.0572 e. The van der Waals surface area contributed by atoms with Gasteiger partial charge in [0, 0.05) is 26.2 Å². The Balaban J connectivity index is 2.09. The number of methoxy groups -OCH3 is 1. The third-order valence-electron chi connectivity index (χ3n) is 2.58. The van der Waals surface area contributed by atoms with Gasteiger partial charge in [0.2, 0.25) is 0 Å². The molecule has 0 atom stereocenters. The predicted octanol–water partition coefficient (Wildman–Crippen LogP) is 0.492. The molecule has 1 saturated carbocycles. The van der Waals surface area contributed by atoms with Gasteiger partial charge in [-0.25, -0.2) is 0 Å². The minimum Gasteiger partial charge on any atom is -0.381 e. The topological polar surface area (TPSA) is 47.3 Å². The summed E-state index contributed by atoms with van der Waals surface area (Å²) >= 11 is 0. The van der Waals surface area contributed by atoms with Gasteiger partial charge in [0.05, 0.1) is 6.10 Å². The minimum absolute atomic E-state index is 0.501. The van der Waals surface area contributed by atoms with Crippen molar-refractivity contribution in [2.45, 2.75) is 37.8 Å². The Morgan fingerprint density at radius 1 is 1.33 bits per heavy atom. The van der Waals surface area contributed by atoms with Gasteiger partial charge in [-0.2, -0.15) is 0 Å². The van der Waals surface area contributed by atoms with Crippen molar-refractivity contribution < 1.29 is 4.74 Å². The van der Waals surface area contributed by atoms with Crippen LogP contribution < -0.4 is 11.1 Å². The lowest BCUT2D eigenvalue weighted by molar-refractivity contribution is 0.0627. The summed E-state index contributed by atoms with van der Waals surface area (Å²) in [5.41, 5.74) is 5.41. The molecule has 0 spiro atoms. The van der Waals surface area contributed by atoms with E-state index in [9.17, 15) is 0 Å². The maximum atomic E-state index is 5.41. The van der Waals surface area contributed by atoms with E-state index in [0.717, 1.165) is 13.1 Å². The molecule has 0 heterocycles. The Kier molecular flexibility index (Phi) is 4.58. The van der Waals surface area contributed by atoms with E-state index in [1.807, 2.05) is 0 Å². The number of ether oxygens (including phenoxy) is 1. The highest BCUT2D eigenvalue weighted by Crippen LogP contribution is 2.20. The predicted molar refractivity (Wildman–Crippen MR) is 50.1 cm³/mol. The van der Waals surface area contributed by atoms with Gasteiger partial charge in [-0.05, 0) is 25.7 Å². The van der Waals surface area contributed by atoms with Crippen molar-refractivity contribution in [3.63, 3.8) is 0 Å². The van der Waals surface area contributed by atoms with Gasteiger partial charge in [-0.1, -0.05) is 0 Å². The Morgan fingerprint density at radius 3 is 2.50 bits per heavy atom. The van der Waals surface area contributed by atoms with Crippen molar-refractivity contribution in [1.82, 2.24) is 5.32 Å². The van der Waals surface area contributed by atoms with E-state index in [2.05, 4.69) is 5.32 Å². The van der Waals surface area contributed by atoms with Crippen LogP contribution in [0.1, 0.15) is 25.7 Å². The van der Waals surface area contributed by atoms with Gasteiger partial charge >= 0.3 is 0 Å². The molecular weight excluding hydrogens is 152 g/mol. The minimum atomic E-state index is 0.501. The molecule has 1 aliphatic rings. The molecule has 0 aromatic carbocycles. The zero-order valence-electron chi connectivity index (χ0n) is 7.88. The van der Waals surface area contributed by atoms with E-state index >= 15 is 0 Å². The summed E-state index contributed by atoms with van der Waals surface area (Å²) in [5, 5.41) is 3.44. The number of nitrogens with two attached hydrogens (primary N) is 1. The lowest BCUT2D eigenvalue weighted by Crippen LogP contribution is -2.37. The van der Waals surface area contributed by atoms with Crippen LogP contribution in [0.3, 0.4) is 0 Å². The fourth-order valence-electron chi connectivity index (χ4n) is 1.79. The quantitative estimate of drug-likeness (QED) is 0.649. The Hall–Kier alpha value is -0.120. The standard InChI is InChI=1S/C9H20N2O/c1-12-9-4-2-8(3-5-9)11-7-6-10/h8-9,11H,2-7,10H2,1H3. The first-order chi connectivity index (χ1) is 5.86. The summed E-state index contributed by atoms with van der Waals surface area (Å²) < 4.78 is 5.29. The molecule has 3 heteroatoms. The normalized spacial score (nSPS) is 30.5. The fraction of sp³-hybridized carbons (Fsp3) is 1.00. The van der Waals surface area contributed by atoms with E-state index < -0.39 is 0 Å². The van der Waals surface area contributed by atoms with Crippen LogP contribution >= 0.6 is 0 Å². The van der Waals surface area contributed by atoms with E-state index in [4.69, 9.17) is 10.5 Å². The Bertz CT molecular complexity index is 111. The average molecular weight is 172 g/mol. The molecule has 3 nitrogen and oxygen atoms in total. The van der Waals surface area contributed by atoms with Crippen molar-refractivity contribution in [3.8, 4) is 0 Å². The molecule has 0 saturated heterocycles. The van der Waals surface area contributed by atoms with Crippen LogP contribution in [-0.2, 0) is 4.74 Å². The molecule has 0 aromatic heterocycles. The van der Waals surface area contributed by atoms with Gasteiger partial charge in [0.1, 0.15) is 0 Å². The first-order valence-corrected chi connectivity index (χ1v) is 4.83. The molecule has 3 N–H and O–H groups in total. The van der Waals surface area contributed by atoms with Gasteiger partial charge in [-0.3, -0.25) is 0 Å². The lowest BCUT2D eigenvalue weighted by atomic mass is 9.93. The zero-order valence-corrected chi connectivity index (χ0v) is 7.88. The van der Waals surface area contributed by atoms with Crippen molar-refractivity contribution in [1.29, 1.82) is 0 Å². The van der Waals surface area contributed by atoms with E-state index in [-0.39, 0.29) is 0 Å². The summed E-state index contributed by atoms with van der Waals surface area (Å²) in [6, 6.07) is 0.681. The van der Waals surface area contributed by atoms with Gasteiger partial charge in [0.25, 0.3) is 0 Å². The first-order valence-electron chi connectivity index (χ1n) is 4.83. The molecule has 0 unspecified atom stereocenters. The number of rotatable bonds is 4. The summed E-state index contributed by atoms with van der Waals surface area (Å²) in [4.78, 5) is 0. The lowest BCUT2D eigenvalue weighted by Gasteiger charge is -2.28. The van der Waals surface area contributed by atoms with Crippen molar-refractivity contribution in [2.75, 3.05) is 20.2 Å². The Morgan fingerprint density at radius 2 is 2.00 bits per heavy atom. The summed E-state index contributed by atoms with van der Waals surface area (Å²) in [7, 11) is 1.80. The average Bonchev–Trinajstić information content (AvgIpc) is 2.15. The van der Waals surface area contributed by atoms with Crippen LogP contribution in [0.15, 0.2) is 0 Å². The van der Waals surface area contributed by atoms with Gasteiger partial charge in [-0.15, -0.1) is 0 Å². The second kappa shape index (κ2) is 5.51. The Labute approximate surface area is 74.7 Å².